The van der Waals surface area contributed by atoms with Gasteiger partial charge in [-0.2, -0.15) is 0 Å². The Labute approximate surface area is 96.2 Å². The summed E-state index contributed by atoms with van der Waals surface area (Å²) < 4.78 is 0. The highest BCUT2D eigenvalue weighted by Gasteiger charge is 2.09. The number of aromatic nitrogens is 2. The van der Waals surface area contributed by atoms with Gasteiger partial charge in [-0.1, -0.05) is 29.3 Å². The number of nitrogens with zero attached hydrogens (tertiary/aromatic N) is 3. The Morgan fingerprint density at radius 1 is 1.53 bits per heavy atom. The molecule has 0 saturated carbocycles. The molecular formula is C9H12BrN3O2. The SMILES string of the molecule is CCCC(Br)Cc1ncc([N+](=O)[O-])cn1. The molecule has 82 valence electrons. The Bertz CT molecular complexity index is 329. The molecule has 1 rings (SSSR count). The lowest BCUT2D eigenvalue weighted by Crippen LogP contribution is -2.06. The van der Waals surface area contributed by atoms with Crippen LogP contribution in [0.4, 0.5) is 5.69 Å². The molecule has 6 heteroatoms. The van der Waals surface area contributed by atoms with Gasteiger partial charge in [0.1, 0.15) is 18.2 Å². The fraction of sp³-hybridized carbons (Fsp3) is 0.556. The van der Waals surface area contributed by atoms with Gasteiger partial charge in [-0.15, -0.1) is 0 Å². The normalized spacial score (nSPS) is 12.4. The lowest BCUT2D eigenvalue weighted by Gasteiger charge is -2.05. The van der Waals surface area contributed by atoms with Crippen LogP contribution in [0.5, 0.6) is 0 Å². The molecule has 15 heavy (non-hydrogen) atoms. The molecule has 5 nitrogen and oxygen atoms in total. The van der Waals surface area contributed by atoms with Crippen LogP contribution in [0, 0.1) is 10.1 Å². The van der Waals surface area contributed by atoms with E-state index in [4.69, 9.17) is 0 Å². The second-order valence-corrected chi connectivity index (χ2v) is 4.50. The van der Waals surface area contributed by atoms with Crippen LogP contribution in [0.15, 0.2) is 12.4 Å². The summed E-state index contributed by atoms with van der Waals surface area (Å²) in [6, 6.07) is 0. The highest BCUT2D eigenvalue weighted by molar-refractivity contribution is 9.09. The summed E-state index contributed by atoms with van der Waals surface area (Å²) in [5.41, 5.74) is -0.0691. The molecule has 0 saturated heterocycles. The molecule has 0 aliphatic rings. The first-order valence-corrected chi connectivity index (χ1v) is 5.64. The second-order valence-electron chi connectivity index (χ2n) is 3.20. The van der Waals surface area contributed by atoms with Crippen LogP contribution in [0.25, 0.3) is 0 Å². The van der Waals surface area contributed by atoms with E-state index in [1.807, 2.05) is 0 Å². The standard InChI is InChI=1S/C9H12BrN3O2/c1-2-3-7(10)4-9-11-5-8(6-12-9)13(14)15/h5-7H,2-4H2,1H3. The molecular weight excluding hydrogens is 262 g/mol. The van der Waals surface area contributed by atoms with Crippen molar-refractivity contribution in [3.05, 3.63) is 28.3 Å². The molecule has 1 heterocycles. The van der Waals surface area contributed by atoms with E-state index in [1.54, 1.807) is 0 Å². The van der Waals surface area contributed by atoms with Crippen LogP contribution in [-0.4, -0.2) is 19.7 Å². The van der Waals surface area contributed by atoms with Crippen LogP contribution in [-0.2, 0) is 6.42 Å². The van der Waals surface area contributed by atoms with E-state index in [1.165, 1.54) is 12.4 Å². The average Bonchev–Trinajstić information content (AvgIpc) is 2.18. The number of rotatable bonds is 5. The average molecular weight is 274 g/mol. The summed E-state index contributed by atoms with van der Waals surface area (Å²) in [6.07, 6.45) is 5.32. The van der Waals surface area contributed by atoms with Crippen molar-refractivity contribution >= 4 is 21.6 Å². The first-order chi connectivity index (χ1) is 7.13. The Balaban J connectivity index is 2.60. The number of hydrogen-bond acceptors (Lipinski definition) is 4. The maximum atomic E-state index is 10.4. The molecule has 1 aromatic rings. The van der Waals surface area contributed by atoms with Gasteiger partial charge < -0.3 is 0 Å². The van der Waals surface area contributed by atoms with Gasteiger partial charge >= 0.3 is 5.69 Å². The van der Waals surface area contributed by atoms with Crippen molar-refractivity contribution in [2.45, 2.75) is 31.0 Å². The van der Waals surface area contributed by atoms with Crippen LogP contribution in [0.1, 0.15) is 25.6 Å². The van der Waals surface area contributed by atoms with E-state index in [0.29, 0.717) is 17.1 Å². The molecule has 1 unspecified atom stereocenters. The zero-order chi connectivity index (χ0) is 11.3. The molecule has 0 fully saturated rings. The lowest BCUT2D eigenvalue weighted by atomic mass is 10.2. The van der Waals surface area contributed by atoms with Crippen LogP contribution >= 0.6 is 15.9 Å². The minimum Gasteiger partial charge on any atom is -0.258 e. The Kier molecular flexibility index (Phi) is 4.61. The summed E-state index contributed by atoms with van der Waals surface area (Å²) in [5, 5.41) is 10.4. The topological polar surface area (TPSA) is 68.9 Å². The van der Waals surface area contributed by atoms with E-state index in [0.717, 1.165) is 12.8 Å². The molecule has 0 radical (unpaired) electrons. The Hall–Kier alpha value is -1.04. The number of nitro groups is 1. The summed E-state index contributed by atoms with van der Waals surface area (Å²) in [5.74, 6) is 0.635. The highest BCUT2D eigenvalue weighted by atomic mass is 79.9. The largest absolute Gasteiger partial charge is 0.305 e. The fourth-order valence-corrected chi connectivity index (χ4v) is 1.91. The van der Waals surface area contributed by atoms with Gasteiger partial charge in [-0.3, -0.25) is 10.1 Å². The van der Waals surface area contributed by atoms with E-state index >= 15 is 0 Å². The predicted molar refractivity (Wildman–Crippen MR) is 60.0 cm³/mol. The molecule has 0 aliphatic heterocycles. The summed E-state index contributed by atoms with van der Waals surface area (Å²) in [6.45, 7) is 2.10. The summed E-state index contributed by atoms with van der Waals surface area (Å²) in [7, 11) is 0. The minimum absolute atomic E-state index is 0.0691. The molecule has 0 bridgehead atoms. The van der Waals surface area contributed by atoms with Gasteiger partial charge in [0.25, 0.3) is 0 Å². The maximum absolute atomic E-state index is 10.4. The van der Waals surface area contributed by atoms with Gasteiger partial charge in [0.2, 0.25) is 0 Å². The fourth-order valence-electron chi connectivity index (χ4n) is 1.16. The highest BCUT2D eigenvalue weighted by Crippen LogP contribution is 2.13. The van der Waals surface area contributed by atoms with Crippen molar-refractivity contribution in [3.63, 3.8) is 0 Å². The third-order valence-corrected chi connectivity index (χ3v) is 2.69. The van der Waals surface area contributed by atoms with Crippen LogP contribution < -0.4 is 0 Å². The quantitative estimate of drug-likeness (QED) is 0.470. The van der Waals surface area contributed by atoms with Gasteiger partial charge in [0.05, 0.1) is 4.92 Å². The van der Waals surface area contributed by atoms with Crippen molar-refractivity contribution in [2.75, 3.05) is 0 Å². The molecule has 0 spiro atoms. The maximum Gasteiger partial charge on any atom is 0.305 e. The lowest BCUT2D eigenvalue weighted by molar-refractivity contribution is -0.385. The van der Waals surface area contributed by atoms with Gasteiger partial charge in [-0.25, -0.2) is 9.97 Å². The molecule has 0 aliphatic carbocycles. The molecule has 1 atom stereocenters. The van der Waals surface area contributed by atoms with Crippen molar-refractivity contribution in [3.8, 4) is 0 Å². The Morgan fingerprint density at radius 3 is 2.60 bits per heavy atom. The Morgan fingerprint density at radius 2 is 2.13 bits per heavy atom. The first kappa shape index (κ1) is 12.0. The number of hydrogen-bond donors (Lipinski definition) is 0. The van der Waals surface area contributed by atoms with E-state index < -0.39 is 4.92 Å². The van der Waals surface area contributed by atoms with E-state index in [2.05, 4.69) is 32.8 Å². The van der Waals surface area contributed by atoms with E-state index in [-0.39, 0.29) is 5.69 Å². The van der Waals surface area contributed by atoms with Crippen LogP contribution in [0.3, 0.4) is 0 Å². The van der Waals surface area contributed by atoms with E-state index in [9.17, 15) is 10.1 Å². The summed E-state index contributed by atoms with van der Waals surface area (Å²) in [4.78, 5) is 18.1. The van der Waals surface area contributed by atoms with Crippen molar-refractivity contribution in [1.29, 1.82) is 0 Å². The zero-order valence-corrected chi connectivity index (χ0v) is 9.98. The minimum atomic E-state index is -0.499. The smallest absolute Gasteiger partial charge is 0.258 e. The molecule has 0 N–H and O–H groups in total. The number of halogens is 1. The third kappa shape index (κ3) is 3.91. The summed E-state index contributed by atoms with van der Waals surface area (Å²) >= 11 is 3.51. The van der Waals surface area contributed by atoms with Gasteiger partial charge in [0.15, 0.2) is 0 Å². The molecule has 0 amide bonds. The molecule has 0 aromatic carbocycles. The predicted octanol–water partition coefficient (Wildman–Crippen LogP) is 2.49. The van der Waals surface area contributed by atoms with Crippen molar-refractivity contribution in [2.24, 2.45) is 0 Å². The monoisotopic (exact) mass is 273 g/mol. The zero-order valence-electron chi connectivity index (χ0n) is 8.39. The van der Waals surface area contributed by atoms with Gasteiger partial charge in [0, 0.05) is 11.2 Å². The molecule has 1 aromatic heterocycles. The van der Waals surface area contributed by atoms with Crippen molar-refractivity contribution < 1.29 is 4.92 Å². The third-order valence-electron chi connectivity index (χ3n) is 1.91. The number of alkyl halides is 1. The van der Waals surface area contributed by atoms with Gasteiger partial charge in [-0.05, 0) is 6.42 Å². The second kappa shape index (κ2) is 5.75. The van der Waals surface area contributed by atoms with Crippen LogP contribution in [0.2, 0.25) is 0 Å². The van der Waals surface area contributed by atoms with Crippen molar-refractivity contribution in [1.82, 2.24) is 9.97 Å². The first-order valence-electron chi connectivity index (χ1n) is 4.73.